The van der Waals surface area contributed by atoms with Crippen molar-refractivity contribution in [2.24, 2.45) is 0 Å². The van der Waals surface area contributed by atoms with Gasteiger partial charge in [0.2, 0.25) is 0 Å². The predicted molar refractivity (Wildman–Crippen MR) is 69.7 cm³/mol. The van der Waals surface area contributed by atoms with Crippen LogP contribution in [0.2, 0.25) is 0 Å². The van der Waals surface area contributed by atoms with Gasteiger partial charge in [0.15, 0.2) is 0 Å². The van der Waals surface area contributed by atoms with E-state index in [0.717, 1.165) is 18.7 Å². The van der Waals surface area contributed by atoms with Gasteiger partial charge in [-0.25, -0.2) is 8.78 Å². The Hall–Kier alpha value is -1.04. The standard InChI is InChI=1S/C14H20F2N2O/c1-17(2)8-12-6-13(19)9-18(12)7-10-5-11(15)3-4-14(10)16/h3-5,12-13,19H,6-9H2,1-2H3. The van der Waals surface area contributed by atoms with E-state index in [1.807, 2.05) is 23.9 Å². The minimum Gasteiger partial charge on any atom is -0.392 e. The molecule has 0 aromatic heterocycles. The third kappa shape index (κ3) is 3.72. The molecule has 1 saturated heterocycles. The minimum atomic E-state index is -0.430. The fourth-order valence-electron chi connectivity index (χ4n) is 2.65. The van der Waals surface area contributed by atoms with Crippen LogP contribution < -0.4 is 0 Å². The molecule has 5 heteroatoms. The molecule has 1 N–H and O–H groups in total. The second kappa shape index (κ2) is 5.94. The van der Waals surface area contributed by atoms with Crippen molar-refractivity contribution in [3.8, 4) is 0 Å². The summed E-state index contributed by atoms with van der Waals surface area (Å²) in [5.41, 5.74) is 0.345. The van der Waals surface area contributed by atoms with Crippen LogP contribution in [0.1, 0.15) is 12.0 Å². The molecule has 1 heterocycles. The molecule has 0 radical (unpaired) electrons. The lowest BCUT2D eigenvalue weighted by atomic mass is 10.1. The Bertz CT molecular complexity index is 439. The summed E-state index contributed by atoms with van der Waals surface area (Å²) in [6, 6.07) is 3.67. The van der Waals surface area contributed by atoms with Crippen LogP contribution in [0.25, 0.3) is 0 Å². The van der Waals surface area contributed by atoms with Crippen LogP contribution in [0.4, 0.5) is 8.78 Å². The minimum absolute atomic E-state index is 0.174. The number of rotatable bonds is 4. The van der Waals surface area contributed by atoms with E-state index in [1.54, 1.807) is 0 Å². The number of halogens is 2. The summed E-state index contributed by atoms with van der Waals surface area (Å²) in [5, 5.41) is 9.76. The Morgan fingerprint density at radius 2 is 2.11 bits per heavy atom. The summed E-state index contributed by atoms with van der Waals surface area (Å²) in [6.07, 6.45) is 0.288. The third-order valence-electron chi connectivity index (χ3n) is 3.46. The van der Waals surface area contributed by atoms with Gasteiger partial charge in [-0.05, 0) is 38.7 Å². The maximum Gasteiger partial charge on any atom is 0.127 e. The van der Waals surface area contributed by atoms with Gasteiger partial charge in [0.1, 0.15) is 11.6 Å². The molecule has 106 valence electrons. The van der Waals surface area contributed by atoms with Crippen molar-refractivity contribution in [3.05, 3.63) is 35.4 Å². The molecule has 2 atom stereocenters. The van der Waals surface area contributed by atoms with Crippen molar-refractivity contribution >= 4 is 0 Å². The Balaban J connectivity index is 2.09. The molecule has 0 amide bonds. The highest BCUT2D eigenvalue weighted by Gasteiger charge is 2.31. The molecule has 0 aliphatic carbocycles. The lowest BCUT2D eigenvalue weighted by molar-refractivity contribution is 0.168. The van der Waals surface area contributed by atoms with E-state index in [4.69, 9.17) is 0 Å². The van der Waals surface area contributed by atoms with Gasteiger partial charge < -0.3 is 10.0 Å². The molecule has 3 nitrogen and oxygen atoms in total. The second-order valence-electron chi connectivity index (χ2n) is 5.47. The van der Waals surface area contributed by atoms with Crippen molar-refractivity contribution in [2.45, 2.75) is 25.1 Å². The number of likely N-dealkylation sites (tertiary alicyclic amines) is 1. The van der Waals surface area contributed by atoms with Crippen LogP contribution in [0.3, 0.4) is 0 Å². The monoisotopic (exact) mass is 270 g/mol. The maximum absolute atomic E-state index is 13.6. The number of hydrogen-bond donors (Lipinski definition) is 1. The lowest BCUT2D eigenvalue weighted by Crippen LogP contribution is -2.37. The SMILES string of the molecule is CN(C)CC1CC(O)CN1Cc1cc(F)ccc1F. The Morgan fingerprint density at radius 1 is 1.37 bits per heavy atom. The van der Waals surface area contributed by atoms with E-state index in [0.29, 0.717) is 25.1 Å². The van der Waals surface area contributed by atoms with Gasteiger partial charge >= 0.3 is 0 Å². The number of hydrogen-bond acceptors (Lipinski definition) is 3. The summed E-state index contributed by atoms with van der Waals surface area (Å²) in [7, 11) is 3.93. The molecule has 0 bridgehead atoms. The van der Waals surface area contributed by atoms with Crippen LogP contribution in [0.15, 0.2) is 18.2 Å². The summed E-state index contributed by atoms with van der Waals surface area (Å²) in [4.78, 5) is 4.06. The van der Waals surface area contributed by atoms with Crippen LogP contribution in [0, 0.1) is 11.6 Å². The van der Waals surface area contributed by atoms with Crippen molar-refractivity contribution in [1.29, 1.82) is 0 Å². The molecule has 1 aliphatic rings. The van der Waals surface area contributed by atoms with Gasteiger partial charge in [0.25, 0.3) is 0 Å². The van der Waals surface area contributed by atoms with Gasteiger partial charge in [-0.3, -0.25) is 4.90 Å². The van der Waals surface area contributed by atoms with Crippen molar-refractivity contribution < 1.29 is 13.9 Å². The van der Waals surface area contributed by atoms with Crippen molar-refractivity contribution in [2.75, 3.05) is 27.2 Å². The number of β-amino-alcohol motifs (C(OH)–C–C–N with tert-alkyl or cyclic N) is 1. The summed E-state index contributed by atoms with van der Waals surface area (Å²) < 4.78 is 26.8. The van der Waals surface area contributed by atoms with Crippen molar-refractivity contribution in [3.63, 3.8) is 0 Å². The average molecular weight is 270 g/mol. The molecule has 1 aromatic rings. The Labute approximate surface area is 112 Å². The molecule has 1 fully saturated rings. The van der Waals surface area contributed by atoms with Gasteiger partial charge in [-0.1, -0.05) is 0 Å². The number of aliphatic hydroxyl groups is 1. The smallest absolute Gasteiger partial charge is 0.127 e. The van der Waals surface area contributed by atoms with E-state index in [1.165, 1.54) is 6.07 Å². The zero-order valence-electron chi connectivity index (χ0n) is 11.3. The first-order valence-corrected chi connectivity index (χ1v) is 6.46. The van der Waals surface area contributed by atoms with Gasteiger partial charge in [0, 0.05) is 31.2 Å². The Morgan fingerprint density at radius 3 is 2.79 bits per heavy atom. The van der Waals surface area contributed by atoms with E-state index in [9.17, 15) is 13.9 Å². The number of nitrogens with zero attached hydrogens (tertiary/aromatic N) is 2. The van der Waals surface area contributed by atoms with Crippen LogP contribution in [-0.4, -0.2) is 54.2 Å². The first kappa shape index (κ1) is 14.4. The van der Waals surface area contributed by atoms with Crippen LogP contribution in [0.5, 0.6) is 0 Å². The van der Waals surface area contributed by atoms with Gasteiger partial charge in [-0.15, -0.1) is 0 Å². The summed E-state index contributed by atoms with van der Waals surface area (Å²) in [5.74, 6) is -0.827. The number of likely N-dealkylation sites (N-methyl/N-ethyl adjacent to an activating group) is 1. The molecule has 0 spiro atoms. The average Bonchev–Trinajstić information content (AvgIpc) is 2.63. The largest absolute Gasteiger partial charge is 0.392 e. The fourth-order valence-corrected chi connectivity index (χ4v) is 2.65. The van der Waals surface area contributed by atoms with Crippen LogP contribution in [-0.2, 0) is 6.54 Å². The topological polar surface area (TPSA) is 26.7 Å². The number of aliphatic hydroxyl groups excluding tert-OH is 1. The normalized spacial score (nSPS) is 24.3. The summed E-state index contributed by atoms with van der Waals surface area (Å²) >= 11 is 0. The highest BCUT2D eigenvalue weighted by Crippen LogP contribution is 2.22. The maximum atomic E-state index is 13.6. The highest BCUT2D eigenvalue weighted by molar-refractivity contribution is 5.19. The van der Waals surface area contributed by atoms with E-state index in [-0.39, 0.29) is 12.1 Å². The molecule has 1 aliphatic heterocycles. The fraction of sp³-hybridized carbons (Fsp3) is 0.571. The predicted octanol–water partition coefficient (Wildman–Crippen LogP) is 1.46. The van der Waals surface area contributed by atoms with E-state index < -0.39 is 11.6 Å². The Kier molecular flexibility index (Phi) is 4.50. The molecular formula is C14H20F2N2O. The first-order valence-electron chi connectivity index (χ1n) is 6.46. The molecule has 19 heavy (non-hydrogen) atoms. The van der Waals surface area contributed by atoms with Crippen molar-refractivity contribution in [1.82, 2.24) is 9.80 Å². The second-order valence-corrected chi connectivity index (χ2v) is 5.47. The first-order chi connectivity index (χ1) is 8.95. The quantitative estimate of drug-likeness (QED) is 0.897. The zero-order valence-corrected chi connectivity index (χ0v) is 11.3. The lowest BCUT2D eigenvalue weighted by Gasteiger charge is -2.26. The molecular weight excluding hydrogens is 250 g/mol. The summed E-state index contributed by atoms with van der Waals surface area (Å²) in [6.45, 7) is 1.64. The van der Waals surface area contributed by atoms with Gasteiger partial charge in [-0.2, -0.15) is 0 Å². The molecule has 2 rings (SSSR count). The molecule has 2 unspecified atom stereocenters. The van der Waals surface area contributed by atoms with E-state index >= 15 is 0 Å². The van der Waals surface area contributed by atoms with Crippen LogP contribution >= 0.6 is 0 Å². The zero-order chi connectivity index (χ0) is 14.0. The van der Waals surface area contributed by atoms with Gasteiger partial charge in [0.05, 0.1) is 6.10 Å². The number of benzene rings is 1. The van der Waals surface area contributed by atoms with E-state index in [2.05, 4.69) is 0 Å². The molecule has 0 saturated carbocycles. The third-order valence-corrected chi connectivity index (χ3v) is 3.46. The molecule has 1 aromatic carbocycles. The highest BCUT2D eigenvalue weighted by atomic mass is 19.1.